The van der Waals surface area contributed by atoms with Crippen molar-refractivity contribution in [3.8, 4) is 0 Å². The molecule has 1 N–H and O–H groups in total. The van der Waals surface area contributed by atoms with E-state index in [1.165, 1.54) is 0 Å². The Hall–Kier alpha value is -2.77. The van der Waals surface area contributed by atoms with Gasteiger partial charge in [-0.1, -0.05) is 0 Å². The zero-order valence-electron chi connectivity index (χ0n) is 14.2. The first kappa shape index (κ1) is 14.8. The highest BCUT2D eigenvalue weighted by Gasteiger charge is 2.24. The third kappa shape index (κ3) is 2.17. The van der Waals surface area contributed by atoms with E-state index < -0.39 is 0 Å². The number of hydrogen-bond donors (Lipinski definition) is 1. The summed E-state index contributed by atoms with van der Waals surface area (Å²) in [6.45, 7) is 3.93. The molecule has 24 heavy (non-hydrogen) atoms. The van der Waals surface area contributed by atoms with Crippen molar-refractivity contribution in [3.05, 3.63) is 29.8 Å². The Kier molecular flexibility index (Phi) is 3.33. The van der Waals surface area contributed by atoms with Crippen LogP contribution in [0.1, 0.15) is 28.9 Å². The lowest BCUT2D eigenvalue weighted by molar-refractivity contribution is 0.102. The molecule has 0 spiro atoms. The summed E-state index contributed by atoms with van der Waals surface area (Å²) in [7, 11) is 3.80. The number of anilines is 2. The molecule has 4 heterocycles. The number of nitrogens with zero attached hydrogens (tertiary/aromatic N) is 6. The molecule has 126 valence electrons. The number of nitrogens with one attached hydrogen (secondary N) is 1. The van der Waals surface area contributed by atoms with Gasteiger partial charge in [0.05, 0.1) is 11.9 Å². The molecule has 1 aliphatic heterocycles. The highest BCUT2D eigenvalue weighted by Crippen LogP contribution is 2.31. The summed E-state index contributed by atoms with van der Waals surface area (Å²) in [5, 5.41) is 11.9. The van der Waals surface area contributed by atoms with Gasteiger partial charge < -0.3 is 14.8 Å². The molecule has 8 nitrogen and oxygen atoms in total. The van der Waals surface area contributed by atoms with Gasteiger partial charge in [-0.2, -0.15) is 10.2 Å². The molecular weight excluding hydrogens is 306 g/mol. The standard InChI is InChI=1S/C16H21N7O/c1-11-13(14(19-21(11)3)22-6-4-5-7-22)18-15(24)12-10-17-23-9-8-20(2)16(12)23/h8-10H,4-7H2,1-3H3,(H,18,24). The third-order valence-corrected chi connectivity index (χ3v) is 4.74. The second-order valence-corrected chi connectivity index (χ2v) is 6.29. The van der Waals surface area contributed by atoms with Crippen LogP contribution in [0.15, 0.2) is 18.6 Å². The second kappa shape index (κ2) is 5.40. The number of amides is 1. The zero-order chi connectivity index (χ0) is 16.8. The van der Waals surface area contributed by atoms with E-state index in [1.807, 2.05) is 42.7 Å². The van der Waals surface area contributed by atoms with Gasteiger partial charge in [-0.3, -0.25) is 9.48 Å². The molecule has 1 fully saturated rings. The van der Waals surface area contributed by atoms with Gasteiger partial charge in [0.15, 0.2) is 5.82 Å². The average molecular weight is 327 g/mol. The summed E-state index contributed by atoms with van der Waals surface area (Å²) in [6, 6.07) is 0. The maximum Gasteiger partial charge on any atom is 0.261 e. The van der Waals surface area contributed by atoms with E-state index in [4.69, 9.17) is 0 Å². The number of imidazole rings is 1. The monoisotopic (exact) mass is 327 g/mol. The number of aromatic nitrogens is 5. The maximum absolute atomic E-state index is 12.8. The molecule has 0 radical (unpaired) electrons. The number of carbonyl (C=O) groups is 1. The minimum Gasteiger partial charge on any atom is -0.353 e. The fourth-order valence-electron chi connectivity index (χ4n) is 3.28. The van der Waals surface area contributed by atoms with Crippen molar-refractivity contribution in [2.45, 2.75) is 19.8 Å². The van der Waals surface area contributed by atoms with Crippen LogP contribution < -0.4 is 10.2 Å². The summed E-state index contributed by atoms with van der Waals surface area (Å²) in [4.78, 5) is 15.1. The van der Waals surface area contributed by atoms with Crippen molar-refractivity contribution in [2.75, 3.05) is 23.3 Å². The van der Waals surface area contributed by atoms with Crippen molar-refractivity contribution in [3.63, 3.8) is 0 Å². The van der Waals surface area contributed by atoms with Crippen LogP contribution in [0.2, 0.25) is 0 Å². The quantitative estimate of drug-likeness (QED) is 0.792. The van der Waals surface area contributed by atoms with E-state index in [2.05, 4.69) is 20.4 Å². The van der Waals surface area contributed by atoms with E-state index in [0.717, 1.165) is 48.8 Å². The first-order valence-corrected chi connectivity index (χ1v) is 8.15. The topological polar surface area (TPSA) is 72.4 Å². The van der Waals surface area contributed by atoms with Crippen molar-refractivity contribution in [2.24, 2.45) is 14.1 Å². The fraction of sp³-hybridized carbons (Fsp3) is 0.438. The van der Waals surface area contributed by atoms with Crippen LogP contribution in [0.3, 0.4) is 0 Å². The van der Waals surface area contributed by atoms with Gasteiger partial charge >= 0.3 is 0 Å². The first-order valence-electron chi connectivity index (χ1n) is 8.15. The van der Waals surface area contributed by atoms with Crippen molar-refractivity contribution in [1.82, 2.24) is 24.0 Å². The van der Waals surface area contributed by atoms with Crippen LogP contribution in [0.5, 0.6) is 0 Å². The van der Waals surface area contributed by atoms with Gasteiger partial charge in [0, 0.05) is 39.6 Å². The minimum atomic E-state index is -0.164. The van der Waals surface area contributed by atoms with Gasteiger partial charge in [0.1, 0.15) is 16.9 Å². The predicted octanol–water partition coefficient (Wildman–Crippen LogP) is 1.57. The average Bonchev–Trinajstić information content (AvgIpc) is 3.31. The molecule has 1 saturated heterocycles. The molecule has 0 aromatic carbocycles. The van der Waals surface area contributed by atoms with Gasteiger partial charge in [-0.25, -0.2) is 4.52 Å². The van der Waals surface area contributed by atoms with Crippen LogP contribution in [-0.2, 0) is 14.1 Å². The molecule has 3 aromatic rings. The largest absolute Gasteiger partial charge is 0.353 e. The zero-order valence-corrected chi connectivity index (χ0v) is 14.2. The van der Waals surface area contributed by atoms with Crippen LogP contribution in [0, 0.1) is 6.92 Å². The van der Waals surface area contributed by atoms with Crippen LogP contribution in [-0.4, -0.2) is 43.0 Å². The molecule has 0 bridgehead atoms. The molecule has 8 heteroatoms. The van der Waals surface area contributed by atoms with Gasteiger partial charge in [-0.05, 0) is 19.8 Å². The lowest BCUT2D eigenvalue weighted by atomic mass is 10.3. The normalized spacial score (nSPS) is 14.7. The van der Waals surface area contributed by atoms with Crippen molar-refractivity contribution in [1.29, 1.82) is 0 Å². The predicted molar refractivity (Wildman–Crippen MR) is 91.5 cm³/mol. The van der Waals surface area contributed by atoms with Crippen LogP contribution in [0.4, 0.5) is 11.5 Å². The van der Waals surface area contributed by atoms with E-state index in [-0.39, 0.29) is 5.91 Å². The Bertz CT molecular complexity index is 911. The smallest absolute Gasteiger partial charge is 0.261 e. The second-order valence-electron chi connectivity index (χ2n) is 6.29. The molecule has 0 aliphatic carbocycles. The fourth-order valence-corrected chi connectivity index (χ4v) is 3.28. The Balaban J connectivity index is 1.70. The summed E-state index contributed by atoms with van der Waals surface area (Å²) in [6.07, 6.45) is 7.64. The summed E-state index contributed by atoms with van der Waals surface area (Å²) < 4.78 is 5.41. The lowest BCUT2D eigenvalue weighted by Gasteiger charge is -2.16. The van der Waals surface area contributed by atoms with E-state index in [0.29, 0.717) is 5.56 Å². The molecule has 0 atom stereocenters. The van der Waals surface area contributed by atoms with Gasteiger partial charge in [0.2, 0.25) is 0 Å². The Morgan fingerprint density at radius 1 is 1.21 bits per heavy atom. The molecular formula is C16H21N7O. The maximum atomic E-state index is 12.8. The number of carbonyl (C=O) groups excluding carboxylic acids is 1. The molecule has 1 aliphatic rings. The highest BCUT2D eigenvalue weighted by molar-refractivity contribution is 6.09. The van der Waals surface area contributed by atoms with Gasteiger partial charge in [-0.15, -0.1) is 0 Å². The number of aryl methyl sites for hydroxylation is 2. The molecule has 3 aromatic heterocycles. The SMILES string of the molecule is Cc1c(NC(=O)c2cnn3ccn(C)c23)c(N2CCCC2)nn1C. The number of fused-ring (bicyclic) bond motifs is 1. The number of rotatable bonds is 3. The summed E-state index contributed by atoms with van der Waals surface area (Å²) in [5.41, 5.74) is 3.06. The minimum absolute atomic E-state index is 0.164. The molecule has 0 unspecified atom stereocenters. The Morgan fingerprint density at radius 2 is 1.96 bits per heavy atom. The first-order chi connectivity index (χ1) is 11.6. The van der Waals surface area contributed by atoms with E-state index in [1.54, 1.807) is 10.7 Å². The lowest BCUT2D eigenvalue weighted by Crippen LogP contribution is -2.21. The van der Waals surface area contributed by atoms with E-state index >= 15 is 0 Å². The van der Waals surface area contributed by atoms with Crippen molar-refractivity contribution >= 4 is 23.1 Å². The van der Waals surface area contributed by atoms with Crippen LogP contribution in [0.25, 0.3) is 5.65 Å². The molecule has 4 rings (SSSR count). The summed E-state index contributed by atoms with van der Waals surface area (Å²) >= 11 is 0. The molecule has 1 amide bonds. The number of hydrogen-bond acceptors (Lipinski definition) is 4. The van der Waals surface area contributed by atoms with Gasteiger partial charge in [0.25, 0.3) is 5.91 Å². The van der Waals surface area contributed by atoms with Crippen molar-refractivity contribution < 1.29 is 4.79 Å². The Labute approximate surface area is 139 Å². The summed E-state index contributed by atoms with van der Waals surface area (Å²) in [5.74, 6) is 0.694. The highest BCUT2D eigenvalue weighted by atomic mass is 16.1. The van der Waals surface area contributed by atoms with Crippen LogP contribution >= 0.6 is 0 Å². The molecule has 0 saturated carbocycles. The Morgan fingerprint density at radius 3 is 2.71 bits per heavy atom. The van der Waals surface area contributed by atoms with E-state index in [9.17, 15) is 4.79 Å². The third-order valence-electron chi connectivity index (χ3n) is 4.74.